The highest BCUT2D eigenvalue weighted by atomic mass is 32.1. The van der Waals surface area contributed by atoms with Crippen molar-refractivity contribution >= 4 is 11.3 Å². The first-order valence-corrected chi connectivity index (χ1v) is 8.36. The van der Waals surface area contributed by atoms with Gasteiger partial charge in [-0.3, -0.25) is 0 Å². The summed E-state index contributed by atoms with van der Waals surface area (Å²) in [5.41, 5.74) is 4.21. The van der Waals surface area contributed by atoms with Crippen molar-refractivity contribution < 1.29 is 0 Å². The molecular weight excluding hydrogens is 264 g/mol. The second-order valence-corrected chi connectivity index (χ2v) is 6.64. The average molecular weight is 286 g/mol. The standard InChI is InChI=1S/C17H22N2S/c1-3-10-18-11-16-12(2)19-17(20-16)15-9-8-13-6-4-5-7-14(13)15/h4-7,15,18H,3,8-11H2,1-2H3. The highest BCUT2D eigenvalue weighted by molar-refractivity contribution is 7.11. The van der Waals surface area contributed by atoms with Crippen molar-refractivity contribution in [2.75, 3.05) is 6.54 Å². The molecule has 3 heteroatoms. The van der Waals surface area contributed by atoms with Crippen molar-refractivity contribution in [1.82, 2.24) is 10.3 Å². The lowest BCUT2D eigenvalue weighted by atomic mass is 10.0. The molecule has 20 heavy (non-hydrogen) atoms. The van der Waals surface area contributed by atoms with Crippen molar-refractivity contribution in [3.05, 3.63) is 51.0 Å². The maximum absolute atomic E-state index is 4.85. The van der Waals surface area contributed by atoms with Gasteiger partial charge in [-0.15, -0.1) is 11.3 Å². The average Bonchev–Trinajstić information content (AvgIpc) is 3.03. The van der Waals surface area contributed by atoms with E-state index in [0.717, 1.165) is 13.1 Å². The summed E-state index contributed by atoms with van der Waals surface area (Å²) < 4.78 is 0. The molecule has 0 radical (unpaired) electrons. The molecule has 0 aliphatic heterocycles. The fourth-order valence-corrected chi connectivity index (χ4v) is 4.15. The van der Waals surface area contributed by atoms with Gasteiger partial charge in [0.2, 0.25) is 0 Å². The summed E-state index contributed by atoms with van der Waals surface area (Å²) in [6.07, 6.45) is 3.59. The summed E-state index contributed by atoms with van der Waals surface area (Å²) in [5.74, 6) is 0.523. The molecule has 1 N–H and O–H groups in total. The van der Waals surface area contributed by atoms with E-state index in [4.69, 9.17) is 4.98 Å². The molecule has 0 amide bonds. The lowest BCUT2D eigenvalue weighted by molar-refractivity contribution is 0.678. The summed E-state index contributed by atoms with van der Waals surface area (Å²) in [6.45, 7) is 6.39. The maximum Gasteiger partial charge on any atom is 0.101 e. The van der Waals surface area contributed by atoms with Crippen LogP contribution in [-0.2, 0) is 13.0 Å². The predicted molar refractivity (Wildman–Crippen MR) is 85.5 cm³/mol. The van der Waals surface area contributed by atoms with E-state index in [1.54, 1.807) is 0 Å². The van der Waals surface area contributed by atoms with Crippen LogP contribution in [0.15, 0.2) is 24.3 Å². The van der Waals surface area contributed by atoms with Crippen molar-refractivity contribution in [1.29, 1.82) is 0 Å². The number of nitrogens with zero attached hydrogens (tertiary/aromatic N) is 1. The van der Waals surface area contributed by atoms with E-state index in [2.05, 4.69) is 43.4 Å². The Bertz CT molecular complexity index is 588. The molecule has 1 aromatic carbocycles. The topological polar surface area (TPSA) is 24.9 Å². The molecule has 0 bridgehead atoms. The Morgan fingerprint density at radius 1 is 1.35 bits per heavy atom. The Morgan fingerprint density at radius 2 is 2.20 bits per heavy atom. The smallest absolute Gasteiger partial charge is 0.101 e. The second-order valence-electron chi connectivity index (χ2n) is 5.53. The fraction of sp³-hybridized carbons (Fsp3) is 0.471. The number of rotatable bonds is 5. The summed E-state index contributed by atoms with van der Waals surface area (Å²) in [7, 11) is 0. The maximum atomic E-state index is 4.85. The number of aryl methyl sites for hydroxylation is 2. The normalized spacial score (nSPS) is 17.4. The Morgan fingerprint density at radius 3 is 3.05 bits per heavy atom. The molecule has 1 unspecified atom stereocenters. The van der Waals surface area contributed by atoms with E-state index in [0.29, 0.717) is 5.92 Å². The van der Waals surface area contributed by atoms with Crippen molar-refractivity contribution in [2.45, 2.75) is 45.6 Å². The Kier molecular flexibility index (Phi) is 4.18. The first kappa shape index (κ1) is 13.8. The second kappa shape index (κ2) is 6.06. The molecule has 1 atom stereocenters. The van der Waals surface area contributed by atoms with Gasteiger partial charge in [-0.25, -0.2) is 4.98 Å². The Hall–Kier alpha value is -1.19. The Balaban J connectivity index is 1.80. The van der Waals surface area contributed by atoms with Crippen LogP contribution in [0, 0.1) is 6.92 Å². The number of nitrogens with one attached hydrogen (secondary N) is 1. The Labute approximate surface area is 125 Å². The van der Waals surface area contributed by atoms with E-state index in [1.165, 1.54) is 46.0 Å². The van der Waals surface area contributed by atoms with Crippen molar-refractivity contribution in [3.63, 3.8) is 0 Å². The third-order valence-electron chi connectivity index (χ3n) is 4.05. The van der Waals surface area contributed by atoms with Crippen LogP contribution in [0.2, 0.25) is 0 Å². The molecule has 1 aliphatic rings. The molecule has 2 aromatic rings. The molecule has 106 valence electrons. The van der Waals surface area contributed by atoms with E-state index in [1.807, 2.05) is 11.3 Å². The SMILES string of the molecule is CCCNCc1sc(C2CCc3ccccc32)nc1C. The lowest BCUT2D eigenvalue weighted by Gasteiger charge is -2.07. The largest absolute Gasteiger partial charge is 0.312 e. The van der Waals surface area contributed by atoms with Crippen LogP contribution in [0.1, 0.15) is 52.4 Å². The van der Waals surface area contributed by atoms with Crippen LogP contribution in [0.4, 0.5) is 0 Å². The molecule has 0 saturated carbocycles. The van der Waals surface area contributed by atoms with Gasteiger partial charge in [0.15, 0.2) is 0 Å². The fourth-order valence-electron chi connectivity index (χ4n) is 2.96. The van der Waals surface area contributed by atoms with Crippen LogP contribution >= 0.6 is 11.3 Å². The molecule has 0 fully saturated rings. The number of hydrogen-bond acceptors (Lipinski definition) is 3. The number of fused-ring (bicyclic) bond motifs is 1. The number of aromatic nitrogens is 1. The highest BCUT2D eigenvalue weighted by Crippen LogP contribution is 2.40. The van der Waals surface area contributed by atoms with Crippen molar-refractivity contribution in [2.24, 2.45) is 0 Å². The van der Waals surface area contributed by atoms with Gasteiger partial charge < -0.3 is 5.32 Å². The van der Waals surface area contributed by atoms with Crippen molar-refractivity contribution in [3.8, 4) is 0 Å². The molecule has 0 spiro atoms. The quantitative estimate of drug-likeness (QED) is 0.839. The van der Waals surface area contributed by atoms with Gasteiger partial charge in [0.05, 0.1) is 5.69 Å². The first-order chi connectivity index (χ1) is 9.79. The van der Waals surface area contributed by atoms with Gasteiger partial charge in [0.1, 0.15) is 5.01 Å². The minimum atomic E-state index is 0.523. The zero-order valence-corrected chi connectivity index (χ0v) is 13.1. The van der Waals surface area contributed by atoms with Gasteiger partial charge in [0.25, 0.3) is 0 Å². The van der Waals surface area contributed by atoms with E-state index >= 15 is 0 Å². The molecule has 1 aromatic heterocycles. The van der Waals surface area contributed by atoms with E-state index < -0.39 is 0 Å². The zero-order chi connectivity index (χ0) is 13.9. The zero-order valence-electron chi connectivity index (χ0n) is 12.3. The molecule has 3 rings (SSSR count). The minimum Gasteiger partial charge on any atom is -0.312 e. The summed E-state index contributed by atoms with van der Waals surface area (Å²) >= 11 is 1.90. The van der Waals surface area contributed by atoms with Gasteiger partial charge in [0, 0.05) is 17.3 Å². The molecule has 2 nitrogen and oxygen atoms in total. The van der Waals surface area contributed by atoms with Crippen LogP contribution < -0.4 is 5.32 Å². The van der Waals surface area contributed by atoms with Crippen LogP contribution in [0.25, 0.3) is 0 Å². The van der Waals surface area contributed by atoms with E-state index in [-0.39, 0.29) is 0 Å². The van der Waals surface area contributed by atoms with Gasteiger partial charge in [-0.05, 0) is 43.9 Å². The van der Waals surface area contributed by atoms with Crippen LogP contribution in [-0.4, -0.2) is 11.5 Å². The van der Waals surface area contributed by atoms with Gasteiger partial charge in [-0.2, -0.15) is 0 Å². The highest BCUT2D eigenvalue weighted by Gasteiger charge is 2.26. The van der Waals surface area contributed by atoms with Crippen LogP contribution in [0.3, 0.4) is 0 Å². The van der Waals surface area contributed by atoms with Gasteiger partial charge in [-0.1, -0.05) is 31.2 Å². The summed E-state index contributed by atoms with van der Waals surface area (Å²) in [4.78, 5) is 6.25. The molecule has 1 aliphatic carbocycles. The lowest BCUT2D eigenvalue weighted by Crippen LogP contribution is -2.13. The van der Waals surface area contributed by atoms with Crippen LogP contribution in [0.5, 0.6) is 0 Å². The number of thiazole rings is 1. The molecular formula is C17H22N2S. The summed E-state index contributed by atoms with van der Waals surface area (Å²) in [6, 6.07) is 8.84. The number of benzene rings is 1. The monoisotopic (exact) mass is 286 g/mol. The third kappa shape index (κ3) is 2.65. The number of hydrogen-bond donors (Lipinski definition) is 1. The molecule has 0 saturated heterocycles. The predicted octanol–water partition coefficient (Wildman–Crippen LogP) is 4.03. The van der Waals surface area contributed by atoms with Gasteiger partial charge >= 0.3 is 0 Å². The first-order valence-electron chi connectivity index (χ1n) is 7.54. The third-order valence-corrected chi connectivity index (χ3v) is 5.32. The van der Waals surface area contributed by atoms with E-state index in [9.17, 15) is 0 Å². The minimum absolute atomic E-state index is 0.523. The summed E-state index contributed by atoms with van der Waals surface area (Å²) in [5, 5.41) is 4.79. The molecule has 1 heterocycles.